The maximum absolute atomic E-state index is 10.8. The summed E-state index contributed by atoms with van der Waals surface area (Å²) in [6.45, 7) is 0. The highest BCUT2D eigenvalue weighted by molar-refractivity contribution is 5.72. The Balaban J connectivity index is 2.24. The Labute approximate surface area is 70.4 Å². The highest BCUT2D eigenvalue weighted by Gasteiger charge is 2.55. The van der Waals surface area contributed by atoms with Gasteiger partial charge < -0.3 is 15.9 Å². The minimum Gasteiger partial charge on any atom is -0.481 e. The third kappa shape index (κ3) is 0.820. The molecule has 2 aliphatic carbocycles. The number of aliphatic carboxylic acids is 1. The molecule has 2 fully saturated rings. The summed E-state index contributed by atoms with van der Waals surface area (Å²) in [6.07, 6.45) is 1.08. The van der Waals surface area contributed by atoms with Gasteiger partial charge in [0.15, 0.2) is 0 Å². The van der Waals surface area contributed by atoms with Gasteiger partial charge in [-0.25, -0.2) is 0 Å². The zero-order valence-corrected chi connectivity index (χ0v) is 6.68. The van der Waals surface area contributed by atoms with Gasteiger partial charge in [0.1, 0.15) is 0 Å². The van der Waals surface area contributed by atoms with Gasteiger partial charge in [-0.15, -0.1) is 0 Å². The fourth-order valence-electron chi connectivity index (χ4n) is 2.78. The van der Waals surface area contributed by atoms with Gasteiger partial charge in [-0.1, -0.05) is 0 Å². The van der Waals surface area contributed by atoms with E-state index in [9.17, 15) is 9.90 Å². The zero-order chi connectivity index (χ0) is 8.88. The first kappa shape index (κ1) is 8.01. The van der Waals surface area contributed by atoms with E-state index >= 15 is 0 Å². The van der Waals surface area contributed by atoms with E-state index in [0.717, 1.165) is 12.8 Å². The van der Waals surface area contributed by atoms with Gasteiger partial charge in [-0.2, -0.15) is 0 Å². The lowest BCUT2D eigenvalue weighted by molar-refractivity contribution is -0.143. The maximum Gasteiger partial charge on any atom is 0.307 e. The second kappa shape index (κ2) is 2.44. The molecule has 0 radical (unpaired) electrons. The summed E-state index contributed by atoms with van der Waals surface area (Å²) >= 11 is 0. The van der Waals surface area contributed by atoms with Gasteiger partial charge in [-0.3, -0.25) is 4.79 Å². The van der Waals surface area contributed by atoms with Crippen LogP contribution in [0, 0.1) is 17.8 Å². The molecule has 5 unspecified atom stereocenters. The van der Waals surface area contributed by atoms with Crippen molar-refractivity contribution in [3.05, 3.63) is 0 Å². The van der Waals surface area contributed by atoms with E-state index in [1.54, 1.807) is 0 Å². The molecule has 2 aliphatic rings. The molecule has 2 bridgehead atoms. The van der Waals surface area contributed by atoms with Crippen molar-refractivity contribution in [2.24, 2.45) is 23.5 Å². The van der Waals surface area contributed by atoms with Crippen LogP contribution in [0.3, 0.4) is 0 Å². The van der Waals surface area contributed by atoms with Crippen LogP contribution in [0.15, 0.2) is 0 Å². The first-order chi connectivity index (χ1) is 5.63. The zero-order valence-electron chi connectivity index (χ0n) is 6.68. The van der Waals surface area contributed by atoms with Gasteiger partial charge >= 0.3 is 5.97 Å². The summed E-state index contributed by atoms with van der Waals surface area (Å²) in [7, 11) is 0. The van der Waals surface area contributed by atoms with E-state index in [1.807, 2.05) is 0 Å². The van der Waals surface area contributed by atoms with Crippen molar-refractivity contribution >= 4 is 5.97 Å². The third-order valence-corrected chi connectivity index (χ3v) is 3.37. The van der Waals surface area contributed by atoms with Gasteiger partial charge in [0.2, 0.25) is 0 Å². The highest BCUT2D eigenvalue weighted by atomic mass is 16.4. The van der Waals surface area contributed by atoms with Crippen molar-refractivity contribution in [2.75, 3.05) is 0 Å². The molecule has 0 spiro atoms. The number of carboxylic acids is 1. The van der Waals surface area contributed by atoms with Crippen LogP contribution < -0.4 is 5.73 Å². The van der Waals surface area contributed by atoms with Crippen LogP contribution in [-0.4, -0.2) is 28.3 Å². The molecule has 2 saturated carbocycles. The van der Waals surface area contributed by atoms with Crippen molar-refractivity contribution in [3.8, 4) is 0 Å². The molecular weight excluding hydrogens is 158 g/mol. The first-order valence-electron chi connectivity index (χ1n) is 4.29. The van der Waals surface area contributed by atoms with Crippen molar-refractivity contribution in [2.45, 2.75) is 25.0 Å². The lowest BCUT2D eigenvalue weighted by atomic mass is 9.93. The van der Waals surface area contributed by atoms with Crippen LogP contribution in [0.2, 0.25) is 0 Å². The predicted molar refractivity (Wildman–Crippen MR) is 41.3 cm³/mol. The first-order valence-corrected chi connectivity index (χ1v) is 4.29. The monoisotopic (exact) mass is 171 g/mol. The number of hydrogen-bond donors (Lipinski definition) is 3. The Hall–Kier alpha value is -0.610. The summed E-state index contributed by atoms with van der Waals surface area (Å²) in [5.41, 5.74) is 5.68. The fraction of sp³-hybridized carbons (Fsp3) is 0.875. The lowest BCUT2D eigenvalue weighted by Crippen LogP contribution is -2.39. The fourth-order valence-corrected chi connectivity index (χ4v) is 2.78. The Kier molecular flexibility index (Phi) is 1.63. The van der Waals surface area contributed by atoms with Crippen LogP contribution in [0.1, 0.15) is 12.8 Å². The van der Waals surface area contributed by atoms with Gasteiger partial charge in [0.05, 0.1) is 12.0 Å². The van der Waals surface area contributed by atoms with Crippen molar-refractivity contribution in [1.29, 1.82) is 0 Å². The Bertz CT molecular complexity index is 202. The molecule has 0 aliphatic heterocycles. The number of rotatable bonds is 1. The van der Waals surface area contributed by atoms with Gasteiger partial charge in [-0.05, 0) is 24.7 Å². The van der Waals surface area contributed by atoms with Crippen LogP contribution in [0.25, 0.3) is 0 Å². The summed E-state index contributed by atoms with van der Waals surface area (Å²) in [6, 6.07) is -0.315. The molecule has 0 aromatic carbocycles. The van der Waals surface area contributed by atoms with Crippen LogP contribution in [0.4, 0.5) is 0 Å². The molecule has 4 heteroatoms. The molecule has 0 amide bonds. The van der Waals surface area contributed by atoms with Crippen molar-refractivity contribution in [3.63, 3.8) is 0 Å². The molecule has 5 atom stereocenters. The summed E-state index contributed by atoms with van der Waals surface area (Å²) in [5, 5.41) is 18.4. The molecule has 12 heavy (non-hydrogen) atoms. The number of nitrogens with two attached hydrogens (primary N) is 1. The summed E-state index contributed by atoms with van der Waals surface area (Å²) in [4.78, 5) is 10.8. The molecule has 68 valence electrons. The molecule has 4 nitrogen and oxygen atoms in total. The summed E-state index contributed by atoms with van der Waals surface area (Å²) < 4.78 is 0. The lowest BCUT2D eigenvalue weighted by Gasteiger charge is -2.22. The largest absolute Gasteiger partial charge is 0.481 e. The van der Waals surface area contributed by atoms with Crippen molar-refractivity contribution < 1.29 is 15.0 Å². The Morgan fingerprint density at radius 3 is 2.25 bits per heavy atom. The SMILES string of the molecule is NC1C(O)C2CCC1C2C(=O)O. The van der Waals surface area contributed by atoms with E-state index in [4.69, 9.17) is 10.8 Å². The average Bonchev–Trinajstić information content (AvgIpc) is 2.51. The second-order valence-electron chi connectivity index (χ2n) is 3.84. The molecule has 4 N–H and O–H groups in total. The number of carboxylic acid groups (broad SMARTS) is 1. The maximum atomic E-state index is 10.8. The van der Waals surface area contributed by atoms with Crippen LogP contribution in [0.5, 0.6) is 0 Å². The quantitative estimate of drug-likeness (QED) is 0.492. The third-order valence-electron chi connectivity index (χ3n) is 3.37. The number of hydrogen-bond acceptors (Lipinski definition) is 3. The van der Waals surface area contributed by atoms with Crippen molar-refractivity contribution in [1.82, 2.24) is 0 Å². The highest BCUT2D eigenvalue weighted by Crippen LogP contribution is 2.48. The topological polar surface area (TPSA) is 83.5 Å². The van der Waals surface area contributed by atoms with Crippen LogP contribution in [-0.2, 0) is 4.79 Å². The van der Waals surface area contributed by atoms with E-state index < -0.39 is 18.0 Å². The van der Waals surface area contributed by atoms with E-state index in [2.05, 4.69) is 0 Å². The predicted octanol–water partition coefficient (Wildman–Crippen LogP) is -0.585. The number of aliphatic hydroxyl groups excluding tert-OH is 1. The smallest absolute Gasteiger partial charge is 0.307 e. The molecule has 2 rings (SSSR count). The molecule has 0 saturated heterocycles. The summed E-state index contributed by atoms with van der Waals surface area (Å²) in [5.74, 6) is -1.28. The Morgan fingerprint density at radius 1 is 1.33 bits per heavy atom. The number of aliphatic hydroxyl groups is 1. The Morgan fingerprint density at radius 2 is 1.92 bits per heavy atom. The molecular formula is C8H13NO3. The van der Waals surface area contributed by atoms with Gasteiger partial charge in [0.25, 0.3) is 0 Å². The average molecular weight is 171 g/mol. The standard InChI is InChI=1S/C8H13NO3/c9-6-3-1-2-4(7(6)10)5(3)8(11)12/h3-7,10H,1-2,9H2,(H,11,12). The molecule has 0 aromatic heterocycles. The minimum atomic E-state index is -0.797. The minimum absolute atomic E-state index is 0.00231. The van der Waals surface area contributed by atoms with Gasteiger partial charge in [0, 0.05) is 6.04 Å². The number of fused-ring (bicyclic) bond motifs is 2. The van der Waals surface area contributed by atoms with Crippen LogP contribution >= 0.6 is 0 Å². The second-order valence-corrected chi connectivity index (χ2v) is 3.84. The molecule has 0 aromatic rings. The van der Waals surface area contributed by atoms with E-state index in [1.165, 1.54) is 0 Å². The number of carbonyl (C=O) groups is 1. The normalized spacial score (nSPS) is 51.3. The van der Waals surface area contributed by atoms with E-state index in [-0.39, 0.29) is 17.9 Å². The molecule has 0 heterocycles. The van der Waals surface area contributed by atoms with E-state index in [0.29, 0.717) is 0 Å².